The predicted molar refractivity (Wildman–Crippen MR) is 110 cm³/mol. The van der Waals surface area contributed by atoms with Crippen LogP contribution in [0, 0.1) is 6.42 Å². The van der Waals surface area contributed by atoms with Crippen molar-refractivity contribution in [3.05, 3.63) is 72.6 Å². The number of amides is 1. The maximum Gasteiger partial charge on any atom is 0.528 e. The second-order valence-corrected chi connectivity index (χ2v) is 7.00. The Balaban J connectivity index is 1.69. The Morgan fingerprint density at radius 2 is 2.00 bits per heavy atom. The zero-order valence-corrected chi connectivity index (χ0v) is 16.4. The molecule has 0 N–H and O–H groups in total. The number of anilines is 1. The van der Waals surface area contributed by atoms with Gasteiger partial charge in [0.15, 0.2) is 0 Å². The van der Waals surface area contributed by atoms with Gasteiger partial charge >= 0.3 is 12.0 Å². The second-order valence-electron chi connectivity index (χ2n) is 7.00. The van der Waals surface area contributed by atoms with Crippen molar-refractivity contribution >= 4 is 18.0 Å². The number of hydrogen-bond donors (Lipinski definition) is 0. The third-order valence-electron chi connectivity index (χ3n) is 4.48. The minimum absolute atomic E-state index is 0.239. The lowest BCUT2D eigenvalue weighted by atomic mass is 10.1. The van der Waals surface area contributed by atoms with E-state index in [1.807, 2.05) is 48.7 Å². The normalized spacial score (nSPS) is 13.8. The number of allylic oxidation sites excluding steroid dienone is 3. The molecule has 0 bridgehead atoms. The smallest absolute Gasteiger partial charge is 0.381 e. The molecule has 7 nitrogen and oxygen atoms in total. The molecule has 1 aliphatic rings. The Kier molecular flexibility index (Phi) is 6.16. The molecule has 0 saturated carbocycles. The Hall–Kier alpha value is -3.06. The fraction of sp³-hybridized carbons (Fsp3) is 0.286. The lowest BCUT2D eigenvalue weighted by Crippen LogP contribution is -2.48. The largest absolute Gasteiger partial charge is 0.528 e. The molecule has 2 aromatic rings. The first kappa shape index (κ1) is 19.7. The summed E-state index contributed by atoms with van der Waals surface area (Å²) >= 11 is 0. The number of ether oxygens (including phenoxy) is 1. The summed E-state index contributed by atoms with van der Waals surface area (Å²) in [7, 11) is 5.32. The Morgan fingerprint density at radius 3 is 2.71 bits per heavy atom. The van der Waals surface area contributed by atoms with Gasteiger partial charge in [-0.25, -0.2) is 4.98 Å². The van der Waals surface area contributed by atoms with Gasteiger partial charge in [0, 0.05) is 13.6 Å². The number of carbonyl (C=O) groups excluding carboxylic acids is 1. The van der Waals surface area contributed by atoms with Crippen molar-refractivity contribution in [3.8, 4) is 0 Å². The van der Waals surface area contributed by atoms with Gasteiger partial charge in [-0.3, -0.25) is 0 Å². The monoisotopic (exact) mass is 379 g/mol. The highest BCUT2D eigenvalue weighted by Gasteiger charge is 2.36. The molecule has 1 heterocycles. The molecular formula is C21H25N5O2+. The molecule has 28 heavy (non-hydrogen) atoms. The van der Waals surface area contributed by atoms with Crippen LogP contribution in [0.25, 0.3) is 0 Å². The van der Waals surface area contributed by atoms with Crippen molar-refractivity contribution in [1.29, 1.82) is 0 Å². The lowest BCUT2D eigenvalue weighted by Gasteiger charge is -2.24. The van der Waals surface area contributed by atoms with Crippen molar-refractivity contribution in [3.63, 3.8) is 0 Å². The van der Waals surface area contributed by atoms with E-state index in [9.17, 15) is 4.79 Å². The molecule has 1 aliphatic carbocycles. The maximum atomic E-state index is 12.7. The van der Waals surface area contributed by atoms with Gasteiger partial charge in [-0.1, -0.05) is 36.4 Å². The van der Waals surface area contributed by atoms with Crippen LogP contribution in [0.15, 0.2) is 60.6 Å². The van der Waals surface area contributed by atoms with Crippen molar-refractivity contribution in [2.75, 3.05) is 32.6 Å². The molecule has 1 aromatic heterocycles. The molecule has 7 heteroatoms. The average Bonchev–Trinajstić information content (AvgIpc) is 2.73. The first-order chi connectivity index (χ1) is 13.5. The molecule has 0 saturated heterocycles. The van der Waals surface area contributed by atoms with E-state index in [1.54, 1.807) is 20.2 Å². The van der Waals surface area contributed by atoms with Crippen LogP contribution in [0.5, 0.6) is 0 Å². The Labute approximate surface area is 165 Å². The molecular weight excluding hydrogens is 354 g/mol. The van der Waals surface area contributed by atoms with Gasteiger partial charge in [0.05, 0.1) is 14.1 Å². The van der Waals surface area contributed by atoms with Gasteiger partial charge in [0.1, 0.15) is 12.1 Å². The number of quaternary nitrogens is 1. The summed E-state index contributed by atoms with van der Waals surface area (Å²) in [5.41, 5.74) is 1.24. The molecule has 0 aliphatic heterocycles. The van der Waals surface area contributed by atoms with Crippen molar-refractivity contribution < 1.29 is 9.53 Å². The summed E-state index contributed by atoms with van der Waals surface area (Å²) in [6, 6.07) is 10.2. The SMILES string of the molecule is CN(CCc1ccccc1)c1ncnc([N+](C)(C)C(=O)OC2=CC[CH]C=C2)n1. The number of likely N-dealkylation sites (N-methyl/N-ethyl adjacent to an activating group) is 1. The molecule has 0 unspecified atom stereocenters. The molecule has 1 aromatic carbocycles. The average molecular weight is 379 g/mol. The third kappa shape index (κ3) is 4.80. The highest BCUT2D eigenvalue weighted by Crippen LogP contribution is 2.20. The molecule has 145 valence electrons. The molecule has 0 atom stereocenters. The number of carbonyl (C=O) groups is 1. The Bertz CT molecular complexity index is 877. The minimum Gasteiger partial charge on any atom is -0.381 e. The summed E-state index contributed by atoms with van der Waals surface area (Å²) in [4.78, 5) is 27.6. The quantitative estimate of drug-likeness (QED) is 0.718. The number of hydrogen-bond acceptors (Lipinski definition) is 6. The lowest BCUT2D eigenvalue weighted by molar-refractivity contribution is 0.148. The van der Waals surface area contributed by atoms with Crippen LogP contribution in [0.2, 0.25) is 0 Å². The van der Waals surface area contributed by atoms with Crippen molar-refractivity contribution in [2.24, 2.45) is 0 Å². The fourth-order valence-electron chi connectivity index (χ4n) is 2.64. The maximum absolute atomic E-state index is 12.7. The molecule has 1 radical (unpaired) electrons. The third-order valence-corrected chi connectivity index (χ3v) is 4.48. The number of nitrogens with zero attached hydrogens (tertiary/aromatic N) is 5. The number of aromatic nitrogens is 3. The molecule has 0 spiro atoms. The first-order valence-corrected chi connectivity index (χ1v) is 9.18. The van der Waals surface area contributed by atoms with Crippen molar-refractivity contribution in [1.82, 2.24) is 19.4 Å². The van der Waals surface area contributed by atoms with Gasteiger partial charge in [0.25, 0.3) is 0 Å². The first-order valence-electron chi connectivity index (χ1n) is 9.18. The van der Waals surface area contributed by atoms with E-state index in [1.165, 1.54) is 11.9 Å². The van der Waals surface area contributed by atoms with E-state index in [2.05, 4.69) is 27.1 Å². The van der Waals surface area contributed by atoms with Gasteiger partial charge in [-0.05, 0) is 37.0 Å². The topological polar surface area (TPSA) is 68.2 Å². The van der Waals surface area contributed by atoms with Crippen LogP contribution in [0.4, 0.5) is 16.7 Å². The zero-order valence-electron chi connectivity index (χ0n) is 16.4. The molecule has 1 amide bonds. The van der Waals surface area contributed by atoms with Crippen LogP contribution in [-0.4, -0.2) is 48.7 Å². The number of rotatable bonds is 6. The van der Waals surface area contributed by atoms with Crippen LogP contribution >= 0.6 is 0 Å². The van der Waals surface area contributed by atoms with Gasteiger partial charge in [0.2, 0.25) is 5.95 Å². The second kappa shape index (κ2) is 8.75. The molecule has 0 fully saturated rings. The van der Waals surface area contributed by atoms with Gasteiger partial charge in [-0.15, -0.1) is 4.98 Å². The summed E-state index contributed by atoms with van der Waals surface area (Å²) in [5.74, 6) is 1.38. The summed E-state index contributed by atoms with van der Waals surface area (Å²) in [6.45, 7) is 0.750. The Morgan fingerprint density at radius 1 is 1.21 bits per heavy atom. The number of benzene rings is 1. The van der Waals surface area contributed by atoms with E-state index in [0.29, 0.717) is 17.7 Å². The van der Waals surface area contributed by atoms with E-state index in [0.717, 1.165) is 19.4 Å². The van der Waals surface area contributed by atoms with Crippen LogP contribution < -0.4 is 9.38 Å². The van der Waals surface area contributed by atoms with Gasteiger partial charge < -0.3 is 9.64 Å². The highest BCUT2D eigenvalue weighted by molar-refractivity contribution is 5.80. The van der Waals surface area contributed by atoms with E-state index in [-0.39, 0.29) is 4.48 Å². The highest BCUT2D eigenvalue weighted by atomic mass is 16.6. The van der Waals surface area contributed by atoms with E-state index < -0.39 is 6.09 Å². The zero-order chi connectivity index (χ0) is 20.0. The van der Waals surface area contributed by atoms with E-state index in [4.69, 9.17) is 4.74 Å². The van der Waals surface area contributed by atoms with Crippen LogP contribution in [0.1, 0.15) is 12.0 Å². The minimum atomic E-state index is -0.457. The van der Waals surface area contributed by atoms with Crippen molar-refractivity contribution in [2.45, 2.75) is 12.8 Å². The summed E-state index contributed by atoms with van der Waals surface area (Å²) in [5, 5.41) is 0. The summed E-state index contributed by atoms with van der Waals surface area (Å²) in [6.07, 6.45) is 10.1. The van der Waals surface area contributed by atoms with Crippen LogP contribution in [-0.2, 0) is 11.2 Å². The van der Waals surface area contributed by atoms with Crippen LogP contribution in [0.3, 0.4) is 0 Å². The molecule has 3 rings (SSSR count). The predicted octanol–water partition coefficient (Wildman–Crippen LogP) is 3.30. The van der Waals surface area contributed by atoms with E-state index >= 15 is 0 Å². The standard InChI is InChI=1S/C21H25N5O2/c1-25(15-14-17-10-6-4-7-11-17)19-22-16-23-20(24-19)26(2,3)21(27)28-18-12-8-5-9-13-18/h4-8,10-13,16H,9,14-15H2,1-3H3/q+1. The fourth-order valence-corrected chi connectivity index (χ4v) is 2.64. The summed E-state index contributed by atoms with van der Waals surface area (Å²) < 4.78 is 5.25. The van der Waals surface area contributed by atoms with Gasteiger partial charge in [-0.2, -0.15) is 14.3 Å².